The fraction of sp³-hybridized carbons (Fsp3) is 0.471. The van der Waals surface area contributed by atoms with Gasteiger partial charge in [0.05, 0.1) is 0 Å². The Morgan fingerprint density at radius 1 is 1.16 bits per heavy atom. The SMILES string of the molecule is O=C(CCCc1cccs1)N1CCC(NS(=O)(=O)c2cccs2)CC1. The molecule has 0 radical (unpaired) electrons. The van der Waals surface area contributed by atoms with Crippen LogP contribution in [0.15, 0.2) is 39.2 Å². The molecule has 8 heteroatoms. The molecular weight excluding hydrogens is 376 g/mol. The number of carbonyl (C=O) groups is 1. The maximum atomic E-state index is 12.3. The van der Waals surface area contributed by atoms with Crippen molar-refractivity contribution in [2.75, 3.05) is 13.1 Å². The van der Waals surface area contributed by atoms with Gasteiger partial charge >= 0.3 is 0 Å². The molecular formula is C17H22N2O3S3. The number of sulfonamides is 1. The molecule has 25 heavy (non-hydrogen) atoms. The van der Waals surface area contributed by atoms with Crippen LogP contribution in [0.2, 0.25) is 0 Å². The van der Waals surface area contributed by atoms with Crippen LogP contribution in [0.25, 0.3) is 0 Å². The number of hydrogen-bond donors (Lipinski definition) is 1. The van der Waals surface area contributed by atoms with E-state index in [1.807, 2.05) is 11.0 Å². The van der Waals surface area contributed by atoms with E-state index < -0.39 is 10.0 Å². The number of amides is 1. The maximum absolute atomic E-state index is 12.3. The maximum Gasteiger partial charge on any atom is 0.250 e. The number of nitrogens with zero attached hydrogens (tertiary/aromatic N) is 1. The zero-order valence-corrected chi connectivity index (χ0v) is 16.3. The third-order valence-electron chi connectivity index (χ3n) is 4.32. The summed E-state index contributed by atoms with van der Waals surface area (Å²) in [7, 11) is -3.43. The first-order chi connectivity index (χ1) is 12.0. The minimum absolute atomic E-state index is 0.0951. The summed E-state index contributed by atoms with van der Waals surface area (Å²) in [5.74, 6) is 0.177. The fourth-order valence-corrected chi connectivity index (χ4v) is 6.03. The number of nitrogens with one attached hydrogen (secondary N) is 1. The summed E-state index contributed by atoms with van der Waals surface area (Å²) in [6, 6.07) is 7.38. The van der Waals surface area contributed by atoms with Crippen LogP contribution in [0, 0.1) is 0 Å². The van der Waals surface area contributed by atoms with E-state index >= 15 is 0 Å². The van der Waals surface area contributed by atoms with Crippen LogP contribution >= 0.6 is 22.7 Å². The molecule has 1 amide bonds. The Morgan fingerprint density at radius 3 is 2.52 bits per heavy atom. The van der Waals surface area contributed by atoms with Crippen LogP contribution in [-0.2, 0) is 21.2 Å². The lowest BCUT2D eigenvalue weighted by Gasteiger charge is -2.32. The van der Waals surface area contributed by atoms with E-state index in [1.165, 1.54) is 16.2 Å². The number of hydrogen-bond acceptors (Lipinski definition) is 5. The van der Waals surface area contributed by atoms with E-state index in [-0.39, 0.29) is 11.9 Å². The lowest BCUT2D eigenvalue weighted by atomic mass is 10.1. The number of likely N-dealkylation sites (tertiary alicyclic amines) is 1. The lowest BCUT2D eigenvalue weighted by molar-refractivity contribution is -0.132. The molecule has 0 aromatic carbocycles. The van der Waals surface area contributed by atoms with Crippen molar-refractivity contribution in [1.82, 2.24) is 9.62 Å². The molecule has 1 N–H and O–H groups in total. The quantitative estimate of drug-likeness (QED) is 0.779. The van der Waals surface area contributed by atoms with Crippen molar-refractivity contribution in [3.63, 3.8) is 0 Å². The molecule has 2 aromatic rings. The van der Waals surface area contributed by atoms with Gasteiger partial charge in [0.25, 0.3) is 0 Å². The normalized spacial score (nSPS) is 16.2. The van der Waals surface area contributed by atoms with Gasteiger partial charge < -0.3 is 4.90 Å². The zero-order valence-electron chi connectivity index (χ0n) is 13.9. The van der Waals surface area contributed by atoms with Gasteiger partial charge in [-0.1, -0.05) is 12.1 Å². The third-order valence-corrected chi connectivity index (χ3v) is 8.18. The van der Waals surface area contributed by atoms with Crippen LogP contribution in [0.5, 0.6) is 0 Å². The smallest absolute Gasteiger partial charge is 0.250 e. The Bertz CT molecular complexity index is 762. The highest BCUT2D eigenvalue weighted by Gasteiger charge is 2.26. The number of aryl methyl sites for hydroxylation is 1. The van der Waals surface area contributed by atoms with E-state index in [0.717, 1.165) is 12.8 Å². The van der Waals surface area contributed by atoms with Gasteiger partial charge in [-0.2, -0.15) is 0 Å². The average molecular weight is 399 g/mol. The third kappa shape index (κ3) is 5.13. The number of carbonyl (C=O) groups excluding carboxylic acids is 1. The molecule has 0 spiro atoms. The van der Waals surface area contributed by atoms with Gasteiger partial charge in [-0.15, -0.1) is 22.7 Å². The highest BCUT2D eigenvalue weighted by atomic mass is 32.2. The highest BCUT2D eigenvalue weighted by Crippen LogP contribution is 2.19. The van der Waals surface area contributed by atoms with Gasteiger partial charge in [0, 0.05) is 30.4 Å². The van der Waals surface area contributed by atoms with Crippen molar-refractivity contribution < 1.29 is 13.2 Å². The summed E-state index contributed by atoms with van der Waals surface area (Å²) in [5, 5.41) is 3.81. The van der Waals surface area contributed by atoms with Gasteiger partial charge in [0.15, 0.2) is 0 Å². The Morgan fingerprint density at radius 2 is 1.88 bits per heavy atom. The van der Waals surface area contributed by atoms with Crippen molar-refractivity contribution in [3.05, 3.63) is 39.9 Å². The molecule has 0 atom stereocenters. The van der Waals surface area contributed by atoms with E-state index in [2.05, 4.69) is 16.2 Å². The summed E-state index contributed by atoms with van der Waals surface area (Å²) in [5.41, 5.74) is 0. The van der Waals surface area contributed by atoms with Crippen molar-refractivity contribution in [3.8, 4) is 0 Å². The second-order valence-corrected chi connectivity index (χ2v) is 10.1. The molecule has 136 valence electrons. The van der Waals surface area contributed by atoms with Crippen molar-refractivity contribution >= 4 is 38.6 Å². The van der Waals surface area contributed by atoms with Gasteiger partial charge in [-0.25, -0.2) is 13.1 Å². The topological polar surface area (TPSA) is 66.5 Å². The molecule has 1 fully saturated rings. The lowest BCUT2D eigenvalue weighted by Crippen LogP contribution is -2.46. The summed E-state index contributed by atoms with van der Waals surface area (Å²) in [4.78, 5) is 15.5. The largest absolute Gasteiger partial charge is 0.343 e. The molecule has 5 nitrogen and oxygen atoms in total. The van der Waals surface area contributed by atoms with E-state index in [0.29, 0.717) is 36.6 Å². The van der Waals surface area contributed by atoms with Crippen molar-refractivity contribution in [2.24, 2.45) is 0 Å². The fourth-order valence-electron chi connectivity index (χ4n) is 2.97. The molecule has 0 bridgehead atoms. The summed E-state index contributed by atoms with van der Waals surface area (Å²) >= 11 is 2.94. The van der Waals surface area contributed by atoms with Crippen LogP contribution in [0.1, 0.15) is 30.6 Å². The molecule has 1 saturated heterocycles. The molecule has 2 aromatic heterocycles. The van der Waals surface area contributed by atoms with E-state index in [1.54, 1.807) is 28.8 Å². The van der Waals surface area contributed by atoms with E-state index in [9.17, 15) is 13.2 Å². The Hall–Kier alpha value is -1.22. The van der Waals surface area contributed by atoms with Gasteiger partial charge in [0.2, 0.25) is 15.9 Å². The highest BCUT2D eigenvalue weighted by molar-refractivity contribution is 7.91. The van der Waals surface area contributed by atoms with Gasteiger partial charge in [-0.3, -0.25) is 4.79 Å². The monoisotopic (exact) mass is 398 g/mol. The Labute approximate surface area is 156 Å². The van der Waals surface area contributed by atoms with Gasteiger partial charge in [0.1, 0.15) is 4.21 Å². The summed E-state index contributed by atoms with van der Waals surface area (Å²) in [6.45, 7) is 1.24. The summed E-state index contributed by atoms with van der Waals surface area (Å²) in [6.07, 6.45) is 3.71. The Kier molecular flexibility index (Phi) is 6.27. The van der Waals surface area contributed by atoms with Gasteiger partial charge in [-0.05, 0) is 48.6 Å². The molecule has 3 heterocycles. The molecule has 0 saturated carbocycles. The predicted molar refractivity (Wildman–Crippen MR) is 101 cm³/mol. The second-order valence-electron chi connectivity index (χ2n) is 6.14. The molecule has 3 rings (SSSR count). The number of piperidine rings is 1. The molecule has 0 unspecified atom stereocenters. The zero-order chi connectivity index (χ0) is 17.7. The minimum Gasteiger partial charge on any atom is -0.343 e. The molecule has 1 aliphatic rings. The second kappa shape index (κ2) is 8.44. The number of thiophene rings is 2. The first-order valence-corrected chi connectivity index (χ1v) is 11.6. The minimum atomic E-state index is -3.43. The van der Waals surface area contributed by atoms with Crippen LogP contribution < -0.4 is 4.72 Å². The first-order valence-electron chi connectivity index (χ1n) is 8.40. The predicted octanol–water partition coefficient (Wildman–Crippen LogP) is 3.10. The van der Waals surface area contributed by atoms with Crippen LogP contribution in [0.3, 0.4) is 0 Å². The van der Waals surface area contributed by atoms with Crippen molar-refractivity contribution in [1.29, 1.82) is 0 Å². The molecule has 0 aliphatic carbocycles. The summed E-state index contributed by atoms with van der Waals surface area (Å²) < 4.78 is 27.6. The average Bonchev–Trinajstić information content (AvgIpc) is 3.29. The van der Waals surface area contributed by atoms with E-state index in [4.69, 9.17) is 0 Å². The Balaban J connectivity index is 1.41. The van der Waals surface area contributed by atoms with Crippen molar-refractivity contribution in [2.45, 2.75) is 42.4 Å². The standard InChI is InChI=1S/C17H22N2O3S3/c20-16(6-1-4-15-5-2-12-23-15)19-10-8-14(9-11-19)18-25(21,22)17-7-3-13-24-17/h2-3,5,7,12-14,18H,1,4,6,8-11H2. The number of rotatable bonds is 7. The van der Waals surface area contributed by atoms with Crippen LogP contribution in [0.4, 0.5) is 0 Å². The first kappa shape index (κ1) is 18.6. The van der Waals surface area contributed by atoms with Crippen LogP contribution in [-0.4, -0.2) is 38.4 Å². The molecule has 1 aliphatic heterocycles.